The second-order valence-corrected chi connectivity index (χ2v) is 7.86. The maximum Gasteiger partial charge on any atom is 0.253 e. The van der Waals surface area contributed by atoms with Gasteiger partial charge in [0, 0.05) is 31.2 Å². The molecule has 0 radical (unpaired) electrons. The van der Waals surface area contributed by atoms with E-state index in [1.54, 1.807) is 18.7 Å². The second kappa shape index (κ2) is 8.65. The Morgan fingerprint density at radius 2 is 1.96 bits per heavy atom. The average Bonchev–Trinajstić information content (AvgIpc) is 3.25. The average molecular weight is 367 g/mol. The summed E-state index contributed by atoms with van der Waals surface area (Å²) in [4.78, 5) is 23.8. The van der Waals surface area contributed by atoms with E-state index in [4.69, 9.17) is 0 Å². The molecule has 1 saturated carbocycles. The molecule has 1 amide bonds. The normalized spacial score (nSPS) is 23.9. The van der Waals surface area contributed by atoms with E-state index < -0.39 is 0 Å². The van der Waals surface area contributed by atoms with Gasteiger partial charge in [0.1, 0.15) is 12.1 Å². The van der Waals surface area contributed by atoms with E-state index >= 15 is 0 Å². The molecular weight excluding hydrogens is 338 g/mol. The van der Waals surface area contributed by atoms with E-state index in [2.05, 4.69) is 20.2 Å². The van der Waals surface area contributed by atoms with Gasteiger partial charge in [-0.25, -0.2) is 9.97 Å². The zero-order chi connectivity index (χ0) is 18.5. The summed E-state index contributed by atoms with van der Waals surface area (Å²) in [5.74, 6) is 1.33. The Labute approximate surface area is 161 Å². The quantitative estimate of drug-likeness (QED) is 0.882. The first-order valence-corrected chi connectivity index (χ1v) is 10.3. The lowest BCUT2D eigenvalue weighted by Gasteiger charge is -2.37. The van der Waals surface area contributed by atoms with Gasteiger partial charge in [-0.2, -0.15) is 0 Å². The number of pyridine rings is 1. The van der Waals surface area contributed by atoms with Crippen molar-refractivity contribution < 1.29 is 4.79 Å². The predicted molar refractivity (Wildman–Crippen MR) is 105 cm³/mol. The monoisotopic (exact) mass is 367 g/mol. The van der Waals surface area contributed by atoms with E-state index in [1.807, 2.05) is 22.9 Å². The van der Waals surface area contributed by atoms with Crippen molar-refractivity contribution in [3.8, 4) is 5.82 Å². The Hall–Kier alpha value is -2.21. The molecule has 144 valence electrons. The molecule has 1 aliphatic heterocycles. The van der Waals surface area contributed by atoms with Crippen molar-refractivity contribution in [3.63, 3.8) is 0 Å². The van der Waals surface area contributed by atoms with Gasteiger partial charge in [-0.1, -0.05) is 19.3 Å². The number of imidazole rings is 1. The van der Waals surface area contributed by atoms with Crippen molar-refractivity contribution in [2.45, 2.75) is 51.0 Å². The van der Waals surface area contributed by atoms with Crippen LogP contribution >= 0.6 is 0 Å². The minimum absolute atomic E-state index is 0.00442. The largest absolute Gasteiger partial charge is 0.349 e. The SMILES string of the molecule is O=C(NC1CCCCC1CN1CCCCC1)c1ccc(-n2ccnc2)nc1. The number of hydrogen-bond donors (Lipinski definition) is 1. The smallest absolute Gasteiger partial charge is 0.253 e. The minimum Gasteiger partial charge on any atom is -0.349 e. The molecule has 2 unspecified atom stereocenters. The Kier molecular flexibility index (Phi) is 5.82. The van der Waals surface area contributed by atoms with Gasteiger partial charge in [-0.05, 0) is 56.8 Å². The lowest BCUT2D eigenvalue weighted by atomic mass is 9.83. The molecule has 1 N–H and O–H groups in total. The first kappa shape index (κ1) is 18.2. The van der Waals surface area contributed by atoms with Crippen molar-refractivity contribution in [1.29, 1.82) is 0 Å². The number of amides is 1. The molecule has 2 fully saturated rings. The topological polar surface area (TPSA) is 63.1 Å². The maximum atomic E-state index is 12.8. The zero-order valence-corrected chi connectivity index (χ0v) is 15.9. The summed E-state index contributed by atoms with van der Waals surface area (Å²) >= 11 is 0. The lowest BCUT2D eigenvalue weighted by molar-refractivity contribution is 0.0877. The molecule has 6 nitrogen and oxygen atoms in total. The summed E-state index contributed by atoms with van der Waals surface area (Å²) in [6, 6.07) is 3.99. The highest BCUT2D eigenvalue weighted by Gasteiger charge is 2.28. The molecule has 3 heterocycles. The molecule has 1 aliphatic carbocycles. The van der Waals surface area contributed by atoms with Gasteiger partial charge in [0.2, 0.25) is 0 Å². The molecular formula is C21H29N5O. The lowest BCUT2D eigenvalue weighted by Crippen LogP contribution is -2.47. The van der Waals surface area contributed by atoms with Crippen LogP contribution < -0.4 is 5.32 Å². The van der Waals surface area contributed by atoms with Crippen LogP contribution in [0, 0.1) is 5.92 Å². The Balaban J connectivity index is 1.37. The third-order valence-electron chi connectivity index (χ3n) is 5.95. The van der Waals surface area contributed by atoms with Crippen molar-refractivity contribution in [1.82, 2.24) is 24.8 Å². The number of nitrogens with one attached hydrogen (secondary N) is 1. The minimum atomic E-state index is -0.00442. The van der Waals surface area contributed by atoms with Crippen molar-refractivity contribution in [2.75, 3.05) is 19.6 Å². The molecule has 4 rings (SSSR count). The highest BCUT2D eigenvalue weighted by atomic mass is 16.1. The second-order valence-electron chi connectivity index (χ2n) is 7.86. The molecule has 2 aromatic heterocycles. The Morgan fingerprint density at radius 3 is 2.70 bits per heavy atom. The molecule has 27 heavy (non-hydrogen) atoms. The van der Waals surface area contributed by atoms with Gasteiger partial charge in [0.25, 0.3) is 5.91 Å². The van der Waals surface area contributed by atoms with Gasteiger partial charge >= 0.3 is 0 Å². The number of carbonyl (C=O) groups excluding carboxylic acids is 1. The Morgan fingerprint density at radius 1 is 1.11 bits per heavy atom. The highest BCUT2D eigenvalue weighted by Crippen LogP contribution is 2.26. The van der Waals surface area contributed by atoms with E-state index in [0.717, 1.165) is 18.8 Å². The fourth-order valence-corrected chi connectivity index (χ4v) is 4.41. The summed E-state index contributed by atoms with van der Waals surface area (Å²) in [7, 11) is 0. The van der Waals surface area contributed by atoms with E-state index in [0.29, 0.717) is 11.5 Å². The van der Waals surface area contributed by atoms with Crippen LogP contribution in [0.2, 0.25) is 0 Å². The fourth-order valence-electron chi connectivity index (χ4n) is 4.41. The molecule has 0 spiro atoms. The van der Waals surface area contributed by atoms with Gasteiger partial charge < -0.3 is 10.2 Å². The van der Waals surface area contributed by atoms with Gasteiger partial charge in [-0.3, -0.25) is 9.36 Å². The van der Waals surface area contributed by atoms with E-state index in [9.17, 15) is 4.79 Å². The number of nitrogens with zero attached hydrogens (tertiary/aromatic N) is 4. The first-order chi connectivity index (χ1) is 13.3. The summed E-state index contributed by atoms with van der Waals surface area (Å²) in [5.41, 5.74) is 0.626. The third kappa shape index (κ3) is 4.56. The standard InChI is InChI=1S/C21H29N5O/c27-21(17-8-9-20(23-14-17)26-13-10-22-16-26)24-19-7-3-2-6-18(19)15-25-11-4-1-5-12-25/h8-10,13-14,16,18-19H,1-7,11-12,15H2,(H,24,27). The summed E-state index contributed by atoms with van der Waals surface area (Å²) in [6.45, 7) is 3.57. The van der Waals surface area contributed by atoms with Gasteiger partial charge in [0.15, 0.2) is 0 Å². The highest BCUT2D eigenvalue weighted by molar-refractivity contribution is 5.94. The van der Waals surface area contributed by atoms with Crippen LogP contribution in [0.4, 0.5) is 0 Å². The van der Waals surface area contributed by atoms with Gasteiger partial charge in [0.05, 0.1) is 5.56 Å². The van der Waals surface area contributed by atoms with Crippen molar-refractivity contribution >= 4 is 5.91 Å². The number of rotatable bonds is 5. The number of likely N-dealkylation sites (tertiary alicyclic amines) is 1. The molecule has 6 heteroatoms. The molecule has 0 bridgehead atoms. The Bertz CT molecular complexity index is 722. The van der Waals surface area contributed by atoms with Crippen LogP contribution in [0.3, 0.4) is 0 Å². The summed E-state index contributed by atoms with van der Waals surface area (Å²) < 4.78 is 1.83. The number of aromatic nitrogens is 3. The van der Waals surface area contributed by atoms with E-state index in [-0.39, 0.29) is 11.9 Å². The van der Waals surface area contributed by atoms with Crippen LogP contribution in [-0.2, 0) is 0 Å². The van der Waals surface area contributed by atoms with Gasteiger partial charge in [-0.15, -0.1) is 0 Å². The molecule has 0 aromatic carbocycles. The van der Waals surface area contributed by atoms with Crippen LogP contribution in [0.15, 0.2) is 37.1 Å². The predicted octanol–water partition coefficient (Wildman–Crippen LogP) is 3.04. The fraction of sp³-hybridized carbons (Fsp3) is 0.571. The number of hydrogen-bond acceptors (Lipinski definition) is 4. The molecule has 2 aromatic rings. The zero-order valence-electron chi connectivity index (χ0n) is 15.9. The maximum absolute atomic E-state index is 12.8. The van der Waals surface area contributed by atoms with Crippen LogP contribution in [0.25, 0.3) is 5.82 Å². The van der Waals surface area contributed by atoms with Crippen LogP contribution in [0.5, 0.6) is 0 Å². The van der Waals surface area contributed by atoms with Crippen molar-refractivity contribution in [3.05, 3.63) is 42.6 Å². The van der Waals surface area contributed by atoms with Crippen LogP contribution in [0.1, 0.15) is 55.3 Å². The van der Waals surface area contributed by atoms with E-state index in [1.165, 1.54) is 51.6 Å². The van der Waals surface area contributed by atoms with Crippen LogP contribution in [-0.4, -0.2) is 51.0 Å². The molecule has 2 aliphatic rings. The molecule has 1 saturated heterocycles. The summed E-state index contributed by atoms with van der Waals surface area (Å²) in [5, 5.41) is 3.30. The number of piperidine rings is 1. The number of carbonyl (C=O) groups is 1. The third-order valence-corrected chi connectivity index (χ3v) is 5.95. The first-order valence-electron chi connectivity index (χ1n) is 10.3. The van der Waals surface area contributed by atoms with Crippen molar-refractivity contribution in [2.24, 2.45) is 5.92 Å². The molecule has 2 atom stereocenters. The summed E-state index contributed by atoms with van der Waals surface area (Å²) in [6.07, 6.45) is 15.7.